The Hall–Kier alpha value is -3.15. The summed E-state index contributed by atoms with van der Waals surface area (Å²) in [6.07, 6.45) is 7.17. The van der Waals surface area contributed by atoms with Crippen molar-refractivity contribution in [3.8, 4) is 0 Å². The molecule has 6 nitrogen and oxygen atoms in total. The van der Waals surface area contributed by atoms with Crippen molar-refractivity contribution in [2.24, 2.45) is 17.0 Å². The Morgan fingerprint density at radius 3 is 2.40 bits per heavy atom. The zero-order valence-electron chi connectivity index (χ0n) is 20.5. The van der Waals surface area contributed by atoms with Crippen LogP contribution >= 0.6 is 0 Å². The van der Waals surface area contributed by atoms with Crippen LogP contribution in [-0.2, 0) is 16.1 Å². The smallest absolute Gasteiger partial charge is 0.267 e. The summed E-state index contributed by atoms with van der Waals surface area (Å²) in [7, 11) is 0. The third-order valence-electron chi connectivity index (χ3n) is 7.61. The summed E-state index contributed by atoms with van der Waals surface area (Å²) in [6.45, 7) is 4.08. The summed E-state index contributed by atoms with van der Waals surface area (Å²) >= 11 is 0. The van der Waals surface area contributed by atoms with Gasteiger partial charge in [0.1, 0.15) is 0 Å². The number of piperidine rings is 1. The Kier molecular flexibility index (Phi) is 6.89. The van der Waals surface area contributed by atoms with Crippen molar-refractivity contribution >= 4 is 17.5 Å². The number of nitrogens with one attached hydrogen (secondary N) is 1. The van der Waals surface area contributed by atoms with Gasteiger partial charge in [0.05, 0.1) is 5.71 Å². The van der Waals surface area contributed by atoms with Gasteiger partial charge in [-0.25, -0.2) is 0 Å². The van der Waals surface area contributed by atoms with Crippen molar-refractivity contribution < 1.29 is 14.4 Å². The Labute approximate surface area is 207 Å². The number of hydrogen-bond acceptors (Lipinski definition) is 4. The maximum Gasteiger partial charge on any atom is 0.267 e. The lowest BCUT2D eigenvalue weighted by Gasteiger charge is -2.32. The van der Waals surface area contributed by atoms with E-state index in [1.807, 2.05) is 29.2 Å². The lowest BCUT2D eigenvalue weighted by atomic mass is 9.90. The number of amides is 2. The van der Waals surface area contributed by atoms with Crippen LogP contribution in [0.5, 0.6) is 0 Å². The van der Waals surface area contributed by atoms with Crippen molar-refractivity contribution in [2.45, 2.75) is 57.5 Å². The fourth-order valence-corrected chi connectivity index (χ4v) is 5.08. The van der Waals surface area contributed by atoms with E-state index in [1.54, 1.807) is 6.92 Å². The molecule has 0 radical (unpaired) electrons. The maximum absolute atomic E-state index is 13.1. The number of likely N-dealkylation sites (tertiary alicyclic amines) is 1. The second-order valence-electron chi connectivity index (χ2n) is 10.5. The summed E-state index contributed by atoms with van der Waals surface area (Å²) in [5.41, 5.74) is 2.72. The molecule has 2 aromatic rings. The number of carbonyl (C=O) groups is 2. The van der Waals surface area contributed by atoms with E-state index in [2.05, 4.69) is 40.8 Å². The van der Waals surface area contributed by atoms with Gasteiger partial charge in [-0.1, -0.05) is 60.5 Å². The SMILES string of the molecule is CC1(C(=O)NCCC2CC2)CC(c2ccc(C(=O)N3CCC(Cc4ccccc4)CC3)cc2)=NO1. The molecule has 2 fully saturated rings. The van der Waals surface area contributed by atoms with E-state index < -0.39 is 5.60 Å². The molecule has 3 aliphatic rings. The molecule has 0 bridgehead atoms. The monoisotopic (exact) mass is 473 g/mol. The normalized spacial score (nSPS) is 22.4. The minimum atomic E-state index is -0.975. The number of carbonyl (C=O) groups excluding carboxylic acids is 2. The zero-order chi connectivity index (χ0) is 24.3. The summed E-state index contributed by atoms with van der Waals surface area (Å²) in [5.74, 6) is 1.38. The predicted octanol–water partition coefficient (Wildman–Crippen LogP) is 4.58. The van der Waals surface area contributed by atoms with E-state index in [-0.39, 0.29) is 11.8 Å². The molecule has 1 saturated heterocycles. The summed E-state index contributed by atoms with van der Waals surface area (Å²) in [5, 5.41) is 7.20. The molecule has 1 N–H and O–H groups in total. The Bertz CT molecular complexity index is 1070. The van der Waals surface area contributed by atoms with Crippen LogP contribution in [0.3, 0.4) is 0 Å². The first-order valence-corrected chi connectivity index (χ1v) is 13.0. The van der Waals surface area contributed by atoms with E-state index >= 15 is 0 Å². The topological polar surface area (TPSA) is 71.0 Å². The lowest BCUT2D eigenvalue weighted by Crippen LogP contribution is -2.45. The van der Waals surface area contributed by atoms with Crippen molar-refractivity contribution in [3.63, 3.8) is 0 Å². The zero-order valence-corrected chi connectivity index (χ0v) is 20.5. The molecule has 1 atom stereocenters. The minimum Gasteiger partial charge on any atom is -0.379 e. The van der Waals surface area contributed by atoms with Gasteiger partial charge in [-0.05, 0) is 67.7 Å². The van der Waals surface area contributed by atoms with Gasteiger partial charge in [0.2, 0.25) is 5.60 Å². The van der Waals surface area contributed by atoms with Gasteiger partial charge in [-0.3, -0.25) is 9.59 Å². The number of nitrogens with zero attached hydrogens (tertiary/aromatic N) is 2. The van der Waals surface area contributed by atoms with Crippen LogP contribution in [0.2, 0.25) is 0 Å². The molecule has 2 heterocycles. The van der Waals surface area contributed by atoms with Crippen molar-refractivity contribution in [1.29, 1.82) is 0 Å². The summed E-state index contributed by atoms with van der Waals surface area (Å²) < 4.78 is 0. The molecule has 1 saturated carbocycles. The first-order chi connectivity index (χ1) is 17.0. The van der Waals surface area contributed by atoms with Crippen LogP contribution in [0.4, 0.5) is 0 Å². The number of hydrogen-bond donors (Lipinski definition) is 1. The molecule has 6 heteroatoms. The first kappa shape index (κ1) is 23.6. The van der Waals surface area contributed by atoms with Crippen LogP contribution in [0.25, 0.3) is 0 Å². The van der Waals surface area contributed by atoms with E-state index in [0.29, 0.717) is 24.4 Å². The van der Waals surface area contributed by atoms with E-state index in [1.165, 1.54) is 18.4 Å². The average molecular weight is 474 g/mol. The number of benzene rings is 2. The van der Waals surface area contributed by atoms with Crippen LogP contribution in [0.1, 0.15) is 66.9 Å². The summed E-state index contributed by atoms with van der Waals surface area (Å²) in [4.78, 5) is 33.2. The van der Waals surface area contributed by atoms with Crippen molar-refractivity contribution in [1.82, 2.24) is 10.2 Å². The van der Waals surface area contributed by atoms with Gasteiger partial charge in [0.25, 0.3) is 11.8 Å². The van der Waals surface area contributed by atoms with E-state index in [0.717, 1.165) is 56.0 Å². The molecule has 5 rings (SSSR count). The van der Waals surface area contributed by atoms with Gasteiger partial charge in [0.15, 0.2) is 0 Å². The standard InChI is InChI=1S/C29H35N3O3/c1-29(28(34)30-16-13-21-7-8-21)20-26(31-35-29)24-9-11-25(12-10-24)27(33)32-17-14-23(15-18-32)19-22-5-3-2-4-6-22/h2-6,9-12,21,23H,7-8,13-20H2,1H3,(H,30,34). The quantitative estimate of drug-likeness (QED) is 0.610. The molecule has 184 valence electrons. The molecular weight excluding hydrogens is 438 g/mol. The molecule has 2 amide bonds. The fraction of sp³-hybridized carbons (Fsp3) is 0.483. The predicted molar refractivity (Wildman–Crippen MR) is 136 cm³/mol. The largest absolute Gasteiger partial charge is 0.379 e. The van der Waals surface area contributed by atoms with E-state index in [9.17, 15) is 9.59 Å². The molecule has 2 aliphatic heterocycles. The van der Waals surface area contributed by atoms with E-state index in [4.69, 9.17) is 4.84 Å². The fourth-order valence-electron chi connectivity index (χ4n) is 5.08. The van der Waals surface area contributed by atoms with Gasteiger partial charge >= 0.3 is 0 Å². The Morgan fingerprint density at radius 1 is 1.00 bits per heavy atom. The molecule has 2 aromatic carbocycles. The third kappa shape index (κ3) is 5.75. The molecule has 1 unspecified atom stereocenters. The van der Waals surface area contributed by atoms with Crippen LogP contribution < -0.4 is 5.32 Å². The van der Waals surface area contributed by atoms with Crippen LogP contribution in [0.15, 0.2) is 59.8 Å². The van der Waals surface area contributed by atoms with Gasteiger partial charge in [-0.15, -0.1) is 0 Å². The molecule has 0 aromatic heterocycles. The first-order valence-electron chi connectivity index (χ1n) is 13.0. The highest BCUT2D eigenvalue weighted by atomic mass is 16.7. The molecule has 35 heavy (non-hydrogen) atoms. The third-order valence-corrected chi connectivity index (χ3v) is 7.61. The minimum absolute atomic E-state index is 0.0826. The highest BCUT2D eigenvalue weighted by Gasteiger charge is 2.42. The second kappa shape index (κ2) is 10.2. The van der Waals surface area contributed by atoms with Gasteiger partial charge < -0.3 is 15.1 Å². The number of oxime groups is 1. The Morgan fingerprint density at radius 2 is 1.71 bits per heavy atom. The molecule has 1 aliphatic carbocycles. The Balaban J connectivity index is 1.11. The number of rotatable bonds is 8. The van der Waals surface area contributed by atoms with Crippen molar-refractivity contribution in [3.05, 3.63) is 71.3 Å². The van der Waals surface area contributed by atoms with Crippen molar-refractivity contribution in [2.75, 3.05) is 19.6 Å². The molecule has 0 spiro atoms. The van der Waals surface area contributed by atoms with Gasteiger partial charge in [0, 0.05) is 31.6 Å². The van der Waals surface area contributed by atoms with Crippen LogP contribution in [0, 0.1) is 11.8 Å². The average Bonchev–Trinajstić information content (AvgIpc) is 3.63. The lowest BCUT2D eigenvalue weighted by molar-refractivity contribution is -0.141. The van der Waals surface area contributed by atoms with Crippen LogP contribution in [-0.4, -0.2) is 47.7 Å². The van der Waals surface area contributed by atoms with Gasteiger partial charge in [-0.2, -0.15) is 0 Å². The summed E-state index contributed by atoms with van der Waals surface area (Å²) in [6, 6.07) is 18.1. The highest BCUT2D eigenvalue weighted by Crippen LogP contribution is 2.32. The second-order valence-corrected chi connectivity index (χ2v) is 10.5. The maximum atomic E-state index is 13.1. The highest BCUT2D eigenvalue weighted by molar-refractivity contribution is 6.06. The molecular formula is C29H35N3O3.